The van der Waals surface area contributed by atoms with E-state index >= 15 is 0 Å². The van der Waals surface area contributed by atoms with Gasteiger partial charge in [0.2, 0.25) is 0 Å². The Hall–Kier alpha value is -0.780. The lowest BCUT2D eigenvalue weighted by molar-refractivity contribution is -0.141. The first-order chi connectivity index (χ1) is 6.79. The third-order valence-electron chi connectivity index (χ3n) is 1.17. The van der Waals surface area contributed by atoms with Crippen molar-refractivity contribution in [2.75, 3.05) is 7.11 Å². The monoisotopic (exact) mass is 257 g/mol. The molecule has 0 unspecified atom stereocenters. The number of methoxy groups -OCH3 is 1. The number of rotatable bonds is 1. The highest BCUT2D eigenvalue weighted by molar-refractivity contribution is 9.10. The number of halogens is 4. The molecule has 0 saturated heterocycles. The zero-order chi connectivity index (χ0) is 11.8. The summed E-state index contributed by atoms with van der Waals surface area (Å²) in [7, 11) is 1.19. The fourth-order valence-electron chi connectivity index (χ4n) is 0.614. The first-order valence-electron chi connectivity index (χ1n) is 4.07. The van der Waals surface area contributed by atoms with Crippen LogP contribution in [0.25, 0.3) is 0 Å². The maximum Gasteiger partial charge on any atom is 0.433 e. The molecule has 2 nitrogen and oxygen atoms in total. The van der Waals surface area contributed by atoms with Crippen LogP contribution in [-0.2, 0) is 6.18 Å². The number of hydrogen-bond donors (Lipinski definition) is 0. The van der Waals surface area contributed by atoms with Crippen LogP contribution in [0, 0.1) is 0 Å². The maximum absolute atomic E-state index is 12.3. The Balaban J connectivity index is 3.48. The number of pyridine rings is 1. The minimum absolute atomic E-state index is 0.187. The van der Waals surface area contributed by atoms with E-state index in [1.54, 1.807) is 0 Å². The second kappa shape index (κ2) is 3.53. The largest absolute Gasteiger partial charge is 0.494 e. The SMILES string of the molecule is [2H]c1nc(C(F)(F)F)c([2H])c(Br)c1OC. The summed E-state index contributed by atoms with van der Waals surface area (Å²) in [5.74, 6) is -0.187. The summed E-state index contributed by atoms with van der Waals surface area (Å²) in [5, 5.41) is 0. The molecule has 72 valence electrons. The van der Waals surface area contributed by atoms with Gasteiger partial charge in [0.1, 0.15) is 5.69 Å². The minimum atomic E-state index is -4.75. The molecule has 0 N–H and O–H groups in total. The third kappa shape index (κ3) is 2.33. The number of nitrogens with zero attached hydrogens (tertiary/aromatic N) is 1. The van der Waals surface area contributed by atoms with Crippen molar-refractivity contribution in [3.05, 3.63) is 22.4 Å². The molecule has 1 aromatic rings. The molecule has 0 aromatic carbocycles. The van der Waals surface area contributed by atoms with Crippen molar-refractivity contribution >= 4 is 15.9 Å². The van der Waals surface area contributed by atoms with Crippen molar-refractivity contribution in [3.8, 4) is 5.75 Å². The van der Waals surface area contributed by atoms with Gasteiger partial charge in [0.05, 0.1) is 20.5 Å². The highest BCUT2D eigenvalue weighted by Crippen LogP contribution is 2.32. The molecule has 0 spiro atoms. The van der Waals surface area contributed by atoms with Gasteiger partial charge in [-0.25, -0.2) is 4.98 Å². The van der Waals surface area contributed by atoms with Gasteiger partial charge in [-0.05, 0) is 22.0 Å². The van der Waals surface area contributed by atoms with E-state index in [1.807, 2.05) is 0 Å². The summed E-state index contributed by atoms with van der Waals surface area (Å²) in [6.45, 7) is 0. The van der Waals surface area contributed by atoms with Crippen LogP contribution < -0.4 is 4.74 Å². The molecule has 1 aromatic heterocycles. The first kappa shape index (κ1) is 7.61. The average Bonchev–Trinajstić information content (AvgIpc) is 2.10. The molecule has 0 radical (unpaired) electrons. The molecular weight excluding hydrogens is 251 g/mol. The molecule has 0 aliphatic heterocycles. The van der Waals surface area contributed by atoms with Gasteiger partial charge in [-0.15, -0.1) is 0 Å². The molecule has 0 aliphatic carbocycles. The van der Waals surface area contributed by atoms with Crippen molar-refractivity contribution in [3.63, 3.8) is 0 Å². The van der Waals surface area contributed by atoms with E-state index in [2.05, 4.69) is 25.7 Å². The highest BCUT2D eigenvalue weighted by atomic mass is 79.9. The lowest BCUT2D eigenvalue weighted by Crippen LogP contribution is -2.07. The molecule has 0 saturated carbocycles. The van der Waals surface area contributed by atoms with Crippen LogP contribution in [0.1, 0.15) is 8.44 Å². The summed E-state index contributed by atoms with van der Waals surface area (Å²) < 4.78 is 55.7. The molecule has 0 atom stereocenters. The summed E-state index contributed by atoms with van der Waals surface area (Å²) in [6.07, 6.45) is -5.41. The fourth-order valence-corrected chi connectivity index (χ4v) is 1.05. The lowest BCUT2D eigenvalue weighted by Gasteiger charge is -2.07. The topological polar surface area (TPSA) is 22.1 Å². The summed E-state index contributed by atoms with van der Waals surface area (Å²) in [5.41, 5.74) is -1.40. The van der Waals surface area contributed by atoms with E-state index in [1.165, 1.54) is 7.11 Å². The van der Waals surface area contributed by atoms with Gasteiger partial charge in [0, 0.05) is 0 Å². The van der Waals surface area contributed by atoms with E-state index in [-0.39, 0.29) is 10.2 Å². The molecule has 1 rings (SSSR count). The van der Waals surface area contributed by atoms with Crippen molar-refractivity contribution in [1.82, 2.24) is 4.98 Å². The molecule has 6 heteroatoms. The van der Waals surface area contributed by atoms with Crippen LogP contribution in [0.4, 0.5) is 13.2 Å². The van der Waals surface area contributed by atoms with E-state index in [4.69, 9.17) is 2.74 Å². The number of ether oxygens (including phenoxy) is 1. The smallest absolute Gasteiger partial charge is 0.433 e. The Kier molecular flexibility index (Phi) is 2.07. The molecule has 0 bridgehead atoms. The predicted molar refractivity (Wildman–Crippen MR) is 43.5 cm³/mol. The minimum Gasteiger partial charge on any atom is -0.494 e. The Morgan fingerprint density at radius 2 is 2.23 bits per heavy atom. The van der Waals surface area contributed by atoms with E-state index < -0.39 is 24.1 Å². The maximum atomic E-state index is 12.3. The van der Waals surface area contributed by atoms with Crippen LogP contribution in [0.15, 0.2) is 16.7 Å². The van der Waals surface area contributed by atoms with Gasteiger partial charge in [0.15, 0.2) is 5.75 Å². The zero-order valence-corrected chi connectivity index (χ0v) is 7.95. The number of hydrogen-bond acceptors (Lipinski definition) is 2. The van der Waals surface area contributed by atoms with Crippen molar-refractivity contribution in [1.29, 1.82) is 0 Å². The summed E-state index contributed by atoms with van der Waals surface area (Å²) in [6, 6.07) is -0.838. The number of alkyl halides is 3. The fraction of sp³-hybridized carbons (Fsp3) is 0.286. The Bertz CT molecular complexity index is 397. The Labute approximate surface area is 83.7 Å². The second-order valence-electron chi connectivity index (χ2n) is 2.04. The standard InChI is InChI=1S/C7H5BrF3NO/c1-13-5-3-12-6(2-4(5)8)7(9,10)11/h2-3H,1H3/i2D,3D. The van der Waals surface area contributed by atoms with Gasteiger partial charge in [-0.1, -0.05) is 0 Å². The molecule has 0 fully saturated rings. The van der Waals surface area contributed by atoms with E-state index in [9.17, 15) is 13.2 Å². The van der Waals surface area contributed by atoms with Crippen molar-refractivity contribution in [2.24, 2.45) is 0 Å². The molecule has 1 heterocycles. The highest BCUT2D eigenvalue weighted by Gasteiger charge is 2.32. The lowest BCUT2D eigenvalue weighted by atomic mass is 10.3. The van der Waals surface area contributed by atoms with Crippen LogP contribution in [0.5, 0.6) is 5.75 Å². The predicted octanol–water partition coefficient (Wildman–Crippen LogP) is 2.87. The molecule has 0 amide bonds. The van der Waals surface area contributed by atoms with Crippen LogP contribution >= 0.6 is 15.9 Å². The van der Waals surface area contributed by atoms with E-state index in [0.29, 0.717) is 0 Å². The zero-order valence-electron chi connectivity index (χ0n) is 8.37. The third-order valence-corrected chi connectivity index (χ3v) is 1.73. The van der Waals surface area contributed by atoms with Crippen molar-refractivity contribution < 1.29 is 20.6 Å². The Morgan fingerprint density at radius 3 is 2.69 bits per heavy atom. The molecule has 0 aliphatic rings. The van der Waals surface area contributed by atoms with Crippen molar-refractivity contribution in [2.45, 2.75) is 6.18 Å². The summed E-state index contributed by atoms with van der Waals surface area (Å²) in [4.78, 5) is 2.97. The second-order valence-corrected chi connectivity index (χ2v) is 2.84. The van der Waals surface area contributed by atoms with Crippen LogP contribution in [0.3, 0.4) is 0 Å². The molecular formula is C7H5BrF3NO. The van der Waals surface area contributed by atoms with Gasteiger partial charge in [-0.2, -0.15) is 13.2 Å². The van der Waals surface area contributed by atoms with Gasteiger partial charge < -0.3 is 4.74 Å². The normalized spacial score (nSPS) is 13.6. The summed E-state index contributed by atoms with van der Waals surface area (Å²) >= 11 is 2.76. The quantitative estimate of drug-likeness (QED) is 0.772. The Morgan fingerprint density at radius 1 is 1.62 bits per heavy atom. The molecule has 13 heavy (non-hydrogen) atoms. The van der Waals surface area contributed by atoms with Gasteiger partial charge in [-0.3, -0.25) is 0 Å². The van der Waals surface area contributed by atoms with Crippen LogP contribution in [-0.4, -0.2) is 12.1 Å². The van der Waals surface area contributed by atoms with E-state index in [0.717, 1.165) is 0 Å². The van der Waals surface area contributed by atoms with Gasteiger partial charge in [0.25, 0.3) is 0 Å². The first-order valence-corrected chi connectivity index (χ1v) is 3.86. The average molecular weight is 258 g/mol. The van der Waals surface area contributed by atoms with Gasteiger partial charge >= 0.3 is 6.18 Å². The number of aromatic nitrogens is 1. The van der Waals surface area contributed by atoms with Crippen LogP contribution in [0.2, 0.25) is 0 Å².